The Morgan fingerprint density at radius 3 is 2.46 bits per heavy atom. The molecule has 1 aromatic rings. The molecule has 9 nitrogen and oxygen atoms in total. The number of nitrogens with zero attached hydrogens (tertiary/aromatic N) is 1. The van der Waals surface area contributed by atoms with E-state index in [1.54, 1.807) is 32.0 Å². The van der Waals surface area contributed by atoms with Gasteiger partial charge in [-0.3, -0.25) is 9.59 Å². The van der Waals surface area contributed by atoms with Crippen LogP contribution in [0.25, 0.3) is 0 Å². The molecule has 2 aliphatic rings. The summed E-state index contributed by atoms with van der Waals surface area (Å²) in [5.74, 6) is -1.78. The molecule has 1 aliphatic carbocycles. The van der Waals surface area contributed by atoms with Crippen LogP contribution in [-0.2, 0) is 19.6 Å². The van der Waals surface area contributed by atoms with Crippen LogP contribution >= 0.6 is 0 Å². The summed E-state index contributed by atoms with van der Waals surface area (Å²) in [7, 11) is -5.71. The molecule has 0 spiro atoms. The maximum atomic E-state index is 14.0. The van der Waals surface area contributed by atoms with Crippen LogP contribution < -0.4 is 10.0 Å². The average Bonchev–Trinajstić information content (AvgIpc) is 3.17. The number of aryl methyl sites for hydroxylation is 1. The van der Waals surface area contributed by atoms with Gasteiger partial charge in [-0.1, -0.05) is 65.0 Å². The van der Waals surface area contributed by atoms with Crippen molar-refractivity contribution in [1.82, 2.24) is 14.9 Å². The highest BCUT2D eigenvalue weighted by atomic mass is 32.2. The summed E-state index contributed by atoms with van der Waals surface area (Å²) in [5, 5.41) is 22.1. The van der Waals surface area contributed by atoms with E-state index in [9.17, 15) is 28.1 Å². The number of carbonyl (C=O) groups is 2. The van der Waals surface area contributed by atoms with Gasteiger partial charge < -0.3 is 20.3 Å². The highest BCUT2D eigenvalue weighted by molar-refractivity contribution is 7.89. The van der Waals surface area contributed by atoms with E-state index in [4.69, 9.17) is 0 Å². The van der Waals surface area contributed by atoms with Crippen molar-refractivity contribution in [2.75, 3.05) is 6.54 Å². The van der Waals surface area contributed by atoms with E-state index in [1.165, 1.54) is 11.0 Å². The van der Waals surface area contributed by atoms with E-state index in [1.807, 2.05) is 13.8 Å². The van der Waals surface area contributed by atoms with Crippen molar-refractivity contribution in [3.8, 4) is 0 Å². The first-order valence-corrected chi connectivity index (χ1v) is 15.0. The van der Waals surface area contributed by atoms with E-state index in [2.05, 4.69) is 10.0 Å². The number of rotatable bonds is 11. The van der Waals surface area contributed by atoms with Crippen molar-refractivity contribution in [2.24, 2.45) is 11.8 Å². The SMILES string of the molecule is CC[C@H](NC(=O)[C@@H](CC1CCCCC1)N1CCC(NS(=O)(=O)c2cccc(C)c2)(C(C)C)C1=O)B(O)O. The summed E-state index contributed by atoms with van der Waals surface area (Å²) < 4.78 is 29.5. The lowest BCUT2D eigenvalue weighted by Crippen LogP contribution is -2.60. The monoisotopic (exact) mass is 535 g/mol. The van der Waals surface area contributed by atoms with Gasteiger partial charge >= 0.3 is 7.12 Å². The van der Waals surface area contributed by atoms with Gasteiger partial charge in [-0.25, -0.2) is 8.42 Å². The van der Waals surface area contributed by atoms with Crippen LogP contribution in [0.2, 0.25) is 0 Å². The fourth-order valence-corrected chi connectivity index (χ4v) is 7.29. The third-order valence-electron chi connectivity index (χ3n) is 8.08. The molecule has 0 aromatic heterocycles. The molecule has 0 radical (unpaired) electrons. The molecule has 1 saturated heterocycles. The summed E-state index contributed by atoms with van der Waals surface area (Å²) in [6.45, 7) is 7.40. The summed E-state index contributed by atoms with van der Waals surface area (Å²) in [6.07, 6.45) is 6.28. The maximum Gasteiger partial charge on any atom is 0.475 e. The van der Waals surface area contributed by atoms with Crippen LogP contribution in [0.15, 0.2) is 29.2 Å². The zero-order valence-electron chi connectivity index (χ0n) is 22.4. The van der Waals surface area contributed by atoms with Crippen LogP contribution in [0.1, 0.15) is 77.7 Å². The minimum Gasteiger partial charge on any atom is -0.426 e. The number of hydrogen-bond donors (Lipinski definition) is 4. The molecular weight excluding hydrogens is 493 g/mol. The number of benzene rings is 1. The Hall–Kier alpha value is -1.95. The molecule has 1 unspecified atom stereocenters. The molecule has 2 amide bonds. The highest BCUT2D eigenvalue weighted by Gasteiger charge is 2.54. The topological polar surface area (TPSA) is 136 Å². The smallest absolute Gasteiger partial charge is 0.426 e. The Morgan fingerprint density at radius 2 is 1.89 bits per heavy atom. The zero-order valence-corrected chi connectivity index (χ0v) is 23.3. The number of carbonyl (C=O) groups excluding carboxylic acids is 2. The first-order valence-electron chi connectivity index (χ1n) is 13.5. The Balaban J connectivity index is 1.91. The lowest BCUT2D eigenvalue weighted by atomic mass is 9.77. The minimum atomic E-state index is -4.00. The second-order valence-electron chi connectivity index (χ2n) is 11.0. The molecule has 37 heavy (non-hydrogen) atoms. The minimum absolute atomic E-state index is 0.0954. The third-order valence-corrected chi connectivity index (χ3v) is 9.59. The molecule has 1 aliphatic heterocycles. The maximum absolute atomic E-state index is 14.0. The fourth-order valence-electron chi connectivity index (χ4n) is 5.67. The van der Waals surface area contributed by atoms with Gasteiger partial charge in [0.2, 0.25) is 21.8 Å². The fraction of sp³-hybridized carbons (Fsp3) is 0.692. The molecule has 4 N–H and O–H groups in total. The van der Waals surface area contributed by atoms with Gasteiger partial charge in [0.1, 0.15) is 11.6 Å². The van der Waals surface area contributed by atoms with Crippen LogP contribution in [0.5, 0.6) is 0 Å². The number of sulfonamides is 1. The number of likely N-dealkylation sites (tertiary alicyclic amines) is 1. The number of hydrogen-bond acceptors (Lipinski definition) is 6. The predicted octanol–water partition coefficient (Wildman–Crippen LogP) is 2.15. The van der Waals surface area contributed by atoms with Crippen LogP contribution in [0.4, 0.5) is 0 Å². The van der Waals surface area contributed by atoms with Gasteiger partial charge in [-0.05, 0) is 55.7 Å². The van der Waals surface area contributed by atoms with Gasteiger partial charge in [-0.15, -0.1) is 0 Å². The summed E-state index contributed by atoms with van der Waals surface area (Å²) in [6, 6.07) is 5.73. The molecular formula is C26H42BN3O6S. The molecule has 3 atom stereocenters. The number of amides is 2. The molecule has 1 aromatic carbocycles. The summed E-state index contributed by atoms with van der Waals surface area (Å²) >= 11 is 0. The zero-order chi connectivity index (χ0) is 27.4. The van der Waals surface area contributed by atoms with Crippen LogP contribution in [0.3, 0.4) is 0 Å². The molecule has 1 saturated carbocycles. The van der Waals surface area contributed by atoms with Crippen LogP contribution in [0, 0.1) is 18.8 Å². The lowest BCUT2D eigenvalue weighted by Gasteiger charge is -2.36. The van der Waals surface area contributed by atoms with E-state index in [0.717, 1.165) is 37.7 Å². The molecule has 2 fully saturated rings. The molecule has 11 heteroatoms. The van der Waals surface area contributed by atoms with E-state index >= 15 is 0 Å². The first-order chi connectivity index (χ1) is 17.4. The van der Waals surface area contributed by atoms with E-state index < -0.39 is 46.5 Å². The van der Waals surface area contributed by atoms with E-state index in [-0.39, 0.29) is 29.7 Å². The van der Waals surface area contributed by atoms with Crippen molar-refractivity contribution in [3.05, 3.63) is 29.8 Å². The highest BCUT2D eigenvalue weighted by Crippen LogP contribution is 2.36. The third kappa shape index (κ3) is 6.74. The Bertz CT molecular complexity index is 1060. The second kappa shape index (κ2) is 12.3. The quantitative estimate of drug-likeness (QED) is 0.321. The lowest BCUT2D eigenvalue weighted by molar-refractivity contribution is -0.142. The normalized spacial score (nSPS) is 22.8. The standard InChI is InChI=1S/C26H42BN3O6S/c1-5-23(27(33)34)28-24(31)22(17-20-11-7-6-8-12-20)30-15-14-26(18(2)3,25(30)32)29-37(35,36)21-13-9-10-19(4)16-21/h9-10,13,16,18,20,22-23,29,33-34H,5-8,11-12,14-15,17H2,1-4H3,(H,28,31)/t22-,23+,26?/m1/s1. The van der Waals surface area contributed by atoms with Gasteiger partial charge in [0.05, 0.1) is 10.8 Å². The molecule has 206 valence electrons. The summed E-state index contributed by atoms with van der Waals surface area (Å²) in [4.78, 5) is 29.1. The van der Waals surface area contributed by atoms with Crippen molar-refractivity contribution in [3.63, 3.8) is 0 Å². The van der Waals surface area contributed by atoms with Crippen LogP contribution in [-0.4, -0.2) is 66.4 Å². The Labute approximate surface area is 221 Å². The Morgan fingerprint density at radius 1 is 1.22 bits per heavy atom. The van der Waals surface area contributed by atoms with Gasteiger partial charge in [-0.2, -0.15) is 4.72 Å². The van der Waals surface area contributed by atoms with Gasteiger partial charge in [0.15, 0.2) is 0 Å². The van der Waals surface area contributed by atoms with Gasteiger partial charge in [0, 0.05) is 6.54 Å². The largest absolute Gasteiger partial charge is 0.475 e. The predicted molar refractivity (Wildman–Crippen MR) is 143 cm³/mol. The first kappa shape index (κ1) is 29.6. The molecule has 0 bridgehead atoms. The van der Waals surface area contributed by atoms with Crippen molar-refractivity contribution in [2.45, 2.75) is 101 Å². The average molecular weight is 536 g/mol. The summed E-state index contributed by atoms with van der Waals surface area (Å²) in [5.41, 5.74) is -0.587. The Kier molecular flexibility index (Phi) is 9.82. The molecule has 3 rings (SSSR count). The van der Waals surface area contributed by atoms with E-state index in [0.29, 0.717) is 12.8 Å². The molecule has 1 heterocycles. The van der Waals surface area contributed by atoms with Crippen molar-refractivity contribution < 1.29 is 28.1 Å². The van der Waals surface area contributed by atoms with Crippen molar-refractivity contribution >= 4 is 29.0 Å². The van der Waals surface area contributed by atoms with Crippen molar-refractivity contribution in [1.29, 1.82) is 0 Å². The number of nitrogens with one attached hydrogen (secondary N) is 2. The second-order valence-corrected chi connectivity index (χ2v) is 12.7. The van der Waals surface area contributed by atoms with Gasteiger partial charge in [0.25, 0.3) is 0 Å².